The second-order valence-corrected chi connectivity index (χ2v) is 4.89. The van der Waals surface area contributed by atoms with Crippen LogP contribution in [0.4, 0.5) is 20.2 Å². The molecular formula is C13H17F2N3O2. The van der Waals surface area contributed by atoms with E-state index in [1.54, 1.807) is 0 Å². The Bertz CT molecular complexity index is 511. The van der Waals surface area contributed by atoms with E-state index < -0.39 is 22.2 Å². The van der Waals surface area contributed by atoms with Crippen LogP contribution in [0.15, 0.2) is 12.1 Å². The van der Waals surface area contributed by atoms with Gasteiger partial charge in [-0.05, 0) is 32.0 Å². The molecule has 0 bridgehead atoms. The van der Waals surface area contributed by atoms with Gasteiger partial charge in [-0.2, -0.15) is 0 Å². The van der Waals surface area contributed by atoms with Gasteiger partial charge in [0.25, 0.3) is 5.69 Å². The molecule has 1 saturated heterocycles. The van der Waals surface area contributed by atoms with Gasteiger partial charge >= 0.3 is 0 Å². The Labute approximate surface area is 115 Å². The van der Waals surface area contributed by atoms with Gasteiger partial charge in [-0.25, -0.2) is 8.78 Å². The number of benzene rings is 1. The van der Waals surface area contributed by atoms with Crippen molar-refractivity contribution in [2.24, 2.45) is 0 Å². The van der Waals surface area contributed by atoms with E-state index in [0.29, 0.717) is 6.54 Å². The van der Waals surface area contributed by atoms with E-state index in [0.717, 1.165) is 38.1 Å². The summed E-state index contributed by atoms with van der Waals surface area (Å²) in [5.41, 5.74) is -0.782. The number of likely N-dealkylation sites (N-methyl/N-ethyl adjacent to an activating group) is 1. The predicted octanol–water partition coefficient (Wildman–Crippen LogP) is 2.77. The number of nitrogens with zero attached hydrogens (tertiary/aromatic N) is 2. The lowest BCUT2D eigenvalue weighted by Crippen LogP contribution is -2.42. The first kappa shape index (κ1) is 14.6. The summed E-state index contributed by atoms with van der Waals surface area (Å²) in [7, 11) is 0. The number of anilines is 1. The summed E-state index contributed by atoms with van der Waals surface area (Å²) in [4.78, 5) is 12.4. The normalized spacial score (nSPS) is 19.9. The highest BCUT2D eigenvalue weighted by molar-refractivity contribution is 5.63. The van der Waals surface area contributed by atoms with Crippen LogP contribution >= 0.6 is 0 Å². The topological polar surface area (TPSA) is 58.4 Å². The Balaban J connectivity index is 2.23. The molecule has 20 heavy (non-hydrogen) atoms. The Hall–Kier alpha value is -1.76. The van der Waals surface area contributed by atoms with E-state index in [-0.39, 0.29) is 11.7 Å². The second kappa shape index (κ2) is 6.13. The molecule has 1 N–H and O–H groups in total. The van der Waals surface area contributed by atoms with E-state index in [1.807, 2.05) is 6.92 Å². The van der Waals surface area contributed by atoms with Gasteiger partial charge < -0.3 is 10.2 Å². The van der Waals surface area contributed by atoms with Crippen LogP contribution in [0.2, 0.25) is 0 Å². The SMILES string of the molecule is CCN1CCCC(Nc2c([N+](=O)[O-])ccc(F)c2F)C1. The number of hydrogen-bond acceptors (Lipinski definition) is 4. The van der Waals surface area contributed by atoms with Crippen LogP contribution in [0.5, 0.6) is 0 Å². The van der Waals surface area contributed by atoms with Gasteiger partial charge in [0, 0.05) is 18.7 Å². The van der Waals surface area contributed by atoms with Gasteiger partial charge in [-0.1, -0.05) is 6.92 Å². The highest BCUT2D eigenvalue weighted by atomic mass is 19.2. The summed E-state index contributed by atoms with van der Waals surface area (Å²) in [5.74, 6) is -2.27. The molecule has 1 aliphatic rings. The molecule has 0 radical (unpaired) electrons. The maximum absolute atomic E-state index is 13.8. The summed E-state index contributed by atoms with van der Waals surface area (Å²) in [6, 6.07) is 1.65. The van der Waals surface area contributed by atoms with Crippen molar-refractivity contribution < 1.29 is 13.7 Å². The third kappa shape index (κ3) is 3.04. The zero-order valence-electron chi connectivity index (χ0n) is 11.2. The first-order chi connectivity index (χ1) is 9.52. The minimum atomic E-state index is -1.19. The molecule has 0 saturated carbocycles. The Morgan fingerprint density at radius 2 is 2.25 bits per heavy atom. The van der Waals surface area contributed by atoms with Crippen molar-refractivity contribution in [2.75, 3.05) is 25.0 Å². The monoisotopic (exact) mass is 285 g/mol. The molecule has 1 fully saturated rings. The predicted molar refractivity (Wildman–Crippen MR) is 71.8 cm³/mol. The molecule has 0 spiro atoms. The average molecular weight is 285 g/mol. The molecule has 7 heteroatoms. The fourth-order valence-corrected chi connectivity index (χ4v) is 2.49. The van der Waals surface area contributed by atoms with Crippen LogP contribution in [-0.2, 0) is 0 Å². The second-order valence-electron chi connectivity index (χ2n) is 4.89. The molecule has 0 aromatic heterocycles. The highest BCUT2D eigenvalue weighted by Crippen LogP contribution is 2.30. The molecule has 1 heterocycles. The average Bonchev–Trinajstić information content (AvgIpc) is 2.44. The standard InChI is InChI=1S/C13H17F2N3O2/c1-2-17-7-3-4-9(8-17)16-13-11(18(19)20)6-5-10(14)12(13)15/h5-6,9,16H,2-4,7-8H2,1H3. The lowest BCUT2D eigenvalue weighted by Gasteiger charge is -2.32. The van der Waals surface area contributed by atoms with E-state index in [9.17, 15) is 18.9 Å². The number of nitrogens with one attached hydrogen (secondary N) is 1. The van der Waals surface area contributed by atoms with Gasteiger partial charge in [0.05, 0.1) is 4.92 Å². The van der Waals surface area contributed by atoms with Crippen LogP contribution in [0.3, 0.4) is 0 Å². The summed E-state index contributed by atoms with van der Waals surface area (Å²) in [5, 5.41) is 13.7. The lowest BCUT2D eigenvalue weighted by molar-refractivity contribution is -0.384. The minimum Gasteiger partial charge on any atom is -0.373 e. The molecule has 2 rings (SSSR count). The largest absolute Gasteiger partial charge is 0.373 e. The first-order valence-corrected chi connectivity index (χ1v) is 6.64. The molecule has 1 aromatic carbocycles. The number of hydrogen-bond donors (Lipinski definition) is 1. The Morgan fingerprint density at radius 3 is 2.90 bits per heavy atom. The minimum absolute atomic E-state index is 0.112. The maximum atomic E-state index is 13.8. The number of nitro benzene ring substituents is 1. The first-order valence-electron chi connectivity index (χ1n) is 6.64. The van der Waals surface area contributed by atoms with Crippen molar-refractivity contribution in [1.29, 1.82) is 0 Å². The van der Waals surface area contributed by atoms with Crippen LogP contribution in [0.1, 0.15) is 19.8 Å². The van der Waals surface area contributed by atoms with Gasteiger partial charge in [-0.15, -0.1) is 0 Å². The van der Waals surface area contributed by atoms with Crippen molar-refractivity contribution in [3.05, 3.63) is 33.9 Å². The zero-order chi connectivity index (χ0) is 14.7. The smallest absolute Gasteiger partial charge is 0.295 e. The Kier molecular flexibility index (Phi) is 4.49. The van der Waals surface area contributed by atoms with Crippen molar-refractivity contribution in [1.82, 2.24) is 4.90 Å². The van der Waals surface area contributed by atoms with Gasteiger partial charge in [-0.3, -0.25) is 10.1 Å². The van der Waals surface area contributed by atoms with Crippen LogP contribution in [0.25, 0.3) is 0 Å². The third-order valence-corrected chi connectivity index (χ3v) is 3.57. The highest BCUT2D eigenvalue weighted by Gasteiger charge is 2.26. The molecule has 1 aliphatic heterocycles. The van der Waals surface area contributed by atoms with Crippen LogP contribution in [-0.4, -0.2) is 35.5 Å². The molecular weight excluding hydrogens is 268 g/mol. The Morgan fingerprint density at radius 1 is 1.50 bits per heavy atom. The number of likely N-dealkylation sites (tertiary alicyclic amines) is 1. The molecule has 1 unspecified atom stereocenters. The van der Waals surface area contributed by atoms with Crippen LogP contribution in [0, 0.1) is 21.7 Å². The summed E-state index contributed by atoms with van der Waals surface area (Å²) >= 11 is 0. The molecule has 1 atom stereocenters. The fourth-order valence-electron chi connectivity index (χ4n) is 2.49. The lowest BCUT2D eigenvalue weighted by atomic mass is 10.0. The van der Waals surface area contributed by atoms with Gasteiger partial charge in [0.15, 0.2) is 17.3 Å². The van der Waals surface area contributed by atoms with Gasteiger partial charge in [0.1, 0.15) is 0 Å². The number of rotatable bonds is 4. The molecule has 1 aromatic rings. The van der Waals surface area contributed by atoms with Gasteiger partial charge in [0.2, 0.25) is 0 Å². The number of halogens is 2. The van der Waals surface area contributed by atoms with Crippen molar-refractivity contribution in [3.63, 3.8) is 0 Å². The van der Waals surface area contributed by atoms with E-state index in [2.05, 4.69) is 10.2 Å². The van der Waals surface area contributed by atoms with E-state index in [4.69, 9.17) is 0 Å². The number of nitro groups is 1. The molecule has 5 nitrogen and oxygen atoms in total. The molecule has 0 aliphatic carbocycles. The fraction of sp³-hybridized carbons (Fsp3) is 0.538. The number of piperidine rings is 1. The van der Waals surface area contributed by atoms with E-state index in [1.165, 1.54) is 0 Å². The third-order valence-electron chi connectivity index (χ3n) is 3.57. The van der Waals surface area contributed by atoms with E-state index >= 15 is 0 Å². The summed E-state index contributed by atoms with van der Waals surface area (Å²) < 4.78 is 27.1. The zero-order valence-corrected chi connectivity index (χ0v) is 11.2. The van der Waals surface area contributed by atoms with Crippen LogP contribution < -0.4 is 5.32 Å². The quantitative estimate of drug-likeness (QED) is 0.682. The van der Waals surface area contributed by atoms with Crippen molar-refractivity contribution >= 4 is 11.4 Å². The maximum Gasteiger partial charge on any atom is 0.295 e. The van der Waals surface area contributed by atoms with Crippen molar-refractivity contribution in [2.45, 2.75) is 25.8 Å². The van der Waals surface area contributed by atoms with Crippen molar-refractivity contribution in [3.8, 4) is 0 Å². The summed E-state index contributed by atoms with van der Waals surface area (Å²) in [6.07, 6.45) is 1.71. The molecule has 0 amide bonds. The molecule has 110 valence electrons. The summed E-state index contributed by atoms with van der Waals surface area (Å²) in [6.45, 7) is 4.52.